The summed E-state index contributed by atoms with van der Waals surface area (Å²) in [4.78, 5) is 23.1. The molecular weight excluding hydrogens is 652 g/mol. The monoisotopic (exact) mass is 676 g/mol. The molecule has 2 aromatic carbocycles. The first kappa shape index (κ1) is 30.6. The molecule has 4 aromatic rings. The van der Waals surface area contributed by atoms with Crippen molar-refractivity contribution in [3.8, 4) is 11.5 Å². The number of alkyl halides is 4. The fourth-order valence-electron chi connectivity index (χ4n) is 4.43. The van der Waals surface area contributed by atoms with Crippen LogP contribution in [0.5, 0.6) is 11.5 Å². The highest BCUT2D eigenvalue weighted by molar-refractivity contribution is 9.10. The SMILES string of the molecule is FC(F)Oc1ccc(Br)c2oc(N3CCOCC3)nc12.O=C(O)Cc1ccc(OC(F)F)c2nc(N3CCOCC3)oc12. The van der Waals surface area contributed by atoms with Gasteiger partial charge in [0.25, 0.3) is 12.0 Å². The predicted molar refractivity (Wildman–Crippen MR) is 146 cm³/mol. The van der Waals surface area contributed by atoms with Crippen LogP contribution in [-0.4, -0.2) is 86.9 Å². The van der Waals surface area contributed by atoms with Crippen molar-refractivity contribution in [2.75, 3.05) is 62.4 Å². The Bertz CT molecular complexity index is 1560. The molecule has 43 heavy (non-hydrogen) atoms. The molecule has 0 spiro atoms. The highest BCUT2D eigenvalue weighted by Gasteiger charge is 2.24. The molecule has 0 amide bonds. The number of aliphatic carboxylic acids is 1. The molecule has 17 heteroatoms. The number of rotatable bonds is 8. The van der Waals surface area contributed by atoms with Crippen molar-refractivity contribution in [2.24, 2.45) is 0 Å². The lowest BCUT2D eigenvalue weighted by atomic mass is 10.1. The summed E-state index contributed by atoms with van der Waals surface area (Å²) < 4.78 is 81.1. The standard InChI is InChI=1S/C14H14F2N2O5.C12H11BrF2N2O3/c15-13(16)22-9-2-1-8(7-10(19)20)12-11(9)17-14(23-12)18-3-5-21-6-4-18;13-7-1-2-8(19-11(14)15)9-10(7)20-12(16-9)17-3-5-18-6-4-17/h1-2,13H,3-7H2,(H,19,20);1-2,11H,3-6H2. The zero-order valence-corrected chi connectivity index (χ0v) is 23.9. The number of carbonyl (C=O) groups is 1. The number of benzene rings is 2. The van der Waals surface area contributed by atoms with Crippen LogP contribution in [0.25, 0.3) is 22.2 Å². The van der Waals surface area contributed by atoms with E-state index in [0.29, 0.717) is 74.2 Å². The Balaban J connectivity index is 0.000000173. The number of oxazole rings is 2. The normalized spacial score (nSPS) is 15.7. The van der Waals surface area contributed by atoms with Crippen LogP contribution in [0, 0.1) is 0 Å². The van der Waals surface area contributed by atoms with Crippen molar-refractivity contribution >= 4 is 56.1 Å². The summed E-state index contributed by atoms with van der Waals surface area (Å²) in [6.45, 7) is -1.35. The van der Waals surface area contributed by atoms with E-state index >= 15 is 0 Å². The molecule has 2 saturated heterocycles. The van der Waals surface area contributed by atoms with Gasteiger partial charge in [-0.2, -0.15) is 27.5 Å². The summed E-state index contributed by atoms with van der Waals surface area (Å²) in [7, 11) is 0. The summed E-state index contributed by atoms with van der Waals surface area (Å²) in [6.07, 6.45) is -0.302. The van der Waals surface area contributed by atoms with Gasteiger partial charge < -0.3 is 42.7 Å². The molecule has 232 valence electrons. The average molecular weight is 677 g/mol. The second-order valence-corrected chi connectivity index (χ2v) is 10.00. The zero-order valence-electron chi connectivity index (χ0n) is 22.3. The number of carboxylic acid groups (broad SMARTS) is 1. The van der Waals surface area contributed by atoms with Crippen molar-refractivity contribution in [3.05, 3.63) is 34.3 Å². The Morgan fingerprint density at radius 2 is 1.28 bits per heavy atom. The molecule has 0 saturated carbocycles. The quantitative estimate of drug-likeness (QED) is 0.254. The van der Waals surface area contributed by atoms with Crippen LogP contribution in [0.2, 0.25) is 0 Å². The van der Waals surface area contributed by atoms with E-state index in [1.54, 1.807) is 11.0 Å². The van der Waals surface area contributed by atoms with E-state index < -0.39 is 19.2 Å². The van der Waals surface area contributed by atoms with Gasteiger partial charge in [0, 0.05) is 31.7 Å². The van der Waals surface area contributed by atoms with Crippen LogP contribution in [0.15, 0.2) is 37.6 Å². The van der Waals surface area contributed by atoms with Crippen LogP contribution in [0.4, 0.5) is 29.6 Å². The summed E-state index contributed by atoms with van der Waals surface area (Å²) in [6, 6.07) is 6.31. The Labute approximate surface area is 249 Å². The molecule has 2 fully saturated rings. The maximum absolute atomic E-state index is 12.5. The summed E-state index contributed by atoms with van der Waals surface area (Å²) in [5.74, 6) is -1.20. The van der Waals surface area contributed by atoms with Crippen molar-refractivity contribution in [2.45, 2.75) is 19.6 Å². The Kier molecular flexibility index (Phi) is 9.72. The van der Waals surface area contributed by atoms with Crippen molar-refractivity contribution in [3.63, 3.8) is 0 Å². The third-order valence-electron chi connectivity index (χ3n) is 6.36. The minimum Gasteiger partial charge on any atom is -0.481 e. The summed E-state index contributed by atoms with van der Waals surface area (Å²) in [5.41, 5.74) is 1.25. The van der Waals surface area contributed by atoms with Gasteiger partial charge in [-0.15, -0.1) is 0 Å². The number of anilines is 2. The van der Waals surface area contributed by atoms with Gasteiger partial charge in [-0.3, -0.25) is 4.79 Å². The lowest BCUT2D eigenvalue weighted by Crippen LogP contribution is -2.36. The van der Waals surface area contributed by atoms with Gasteiger partial charge in [-0.25, -0.2) is 0 Å². The van der Waals surface area contributed by atoms with Gasteiger partial charge in [0.1, 0.15) is 0 Å². The molecule has 0 bridgehead atoms. The predicted octanol–water partition coefficient (Wildman–Crippen LogP) is 4.92. The Morgan fingerprint density at radius 3 is 1.77 bits per heavy atom. The number of morpholine rings is 2. The lowest BCUT2D eigenvalue weighted by Gasteiger charge is -2.24. The van der Waals surface area contributed by atoms with E-state index in [2.05, 4.69) is 35.4 Å². The smallest absolute Gasteiger partial charge is 0.387 e. The van der Waals surface area contributed by atoms with Gasteiger partial charge in [0.05, 0.1) is 37.3 Å². The number of hydrogen-bond donors (Lipinski definition) is 1. The number of halogens is 5. The Morgan fingerprint density at radius 1 is 0.814 bits per heavy atom. The van der Waals surface area contributed by atoms with Gasteiger partial charge in [0.15, 0.2) is 33.7 Å². The minimum atomic E-state index is -3.01. The van der Waals surface area contributed by atoms with Gasteiger partial charge >= 0.3 is 19.2 Å². The molecule has 4 heterocycles. The maximum Gasteiger partial charge on any atom is 0.387 e. The molecule has 1 N–H and O–H groups in total. The van der Waals surface area contributed by atoms with Gasteiger partial charge in [0.2, 0.25) is 0 Å². The molecule has 2 aliphatic heterocycles. The molecule has 12 nitrogen and oxygen atoms in total. The second kappa shape index (κ2) is 13.6. The first-order valence-corrected chi connectivity index (χ1v) is 13.8. The summed E-state index contributed by atoms with van der Waals surface area (Å²) in [5, 5.41) is 8.96. The van der Waals surface area contributed by atoms with E-state index in [1.807, 2.05) is 4.90 Å². The van der Waals surface area contributed by atoms with Crippen LogP contribution in [-0.2, 0) is 20.7 Å². The largest absolute Gasteiger partial charge is 0.481 e. The van der Waals surface area contributed by atoms with Crippen LogP contribution < -0.4 is 19.3 Å². The molecular formula is C26H25BrF4N4O8. The second-order valence-electron chi connectivity index (χ2n) is 9.14. The topological polar surface area (TPSA) is 133 Å². The molecule has 6 rings (SSSR count). The maximum atomic E-state index is 12.5. The van der Waals surface area contributed by atoms with E-state index in [0.717, 1.165) is 0 Å². The zero-order chi connectivity index (χ0) is 30.5. The van der Waals surface area contributed by atoms with E-state index in [-0.39, 0.29) is 40.6 Å². The van der Waals surface area contributed by atoms with Gasteiger partial charge in [-0.05, 0) is 34.1 Å². The van der Waals surface area contributed by atoms with Crippen molar-refractivity contribution in [1.29, 1.82) is 0 Å². The van der Waals surface area contributed by atoms with E-state index in [4.69, 9.17) is 23.4 Å². The molecule has 0 radical (unpaired) electrons. The molecule has 0 unspecified atom stereocenters. The van der Waals surface area contributed by atoms with E-state index in [9.17, 15) is 22.4 Å². The van der Waals surface area contributed by atoms with Crippen LogP contribution >= 0.6 is 15.9 Å². The first-order valence-electron chi connectivity index (χ1n) is 13.0. The number of carboxylic acids is 1. The molecule has 0 aliphatic carbocycles. The number of ether oxygens (including phenoxy) is 4. The lowest BCUT2D eigenvalue weighted by molar-refractivity contribution is -0.136. The highest BCUT2D eigenvalue weighted by Crippen LogP contribution is 2.36. The molecule has 2 aliphatic rings. The fraction of sp³-hybridized carbons (Fsp3) is 0.423. The van der Waals surface area contributed by atoms with Crippen LogP contribution in [0.3, 0.4) is 0 Å². The van der Waals surface area contributed by atoms with Crippen molar-refractivity contribution < 1.29 is 55.2 Å². The highest BCUT2D eigenvalue weighted by atomic mass is 79.9. The van der Waals surface area contributed by atoms with Gasteiger partial charge in [-0.1, -0.05) is 6.07 Å². The average Bonchev–Trinajstić information content (AvgIpc) is 3.64. The Hall–Kier alpha value is -3.83. The third kappa shape index (κ3) is 7.40. The summed E-state index contributed by atoms with van der Waals surface area (Å²) >= 11 is 3.31. The number of aromatic nitrogens is 2. The molecule has 0 atom stereocenters. The van der Waals surface area contributed by atoms with Crippen LogP contribution in [0.1, 0.15) is 5.56 Å². The minimum absolute atomic E-state index is 0.00135. The number of hydrogen-bond acceptors (Lipinski definition) is 11. The first-order chi connectivity index (χ1) is 20.7. The number of fused-ring (bicyclic) bond motifs is 2. The van der Waals surface area contributed by atoms with Crippen molar-refractivity contribution in [1.82, 2.24) is 9.97 Å². The molecule has 2 aromatic heterocycles. The van der Waals surface area contributed by atoms with E-state index in [1.165, 1.54) is 18.2 Å². The fourth-order valence-corrected chi connectivity index (χ4v) is 4.83. The number of nitrogens with zero attached hydrogens (tertiary/aromatic N) is 4. The third-order valence-corrected chi connectivity index (χ3v) is 6.99.